The fourth-order valence-electron chi connectivity index (χ4n) is 4.00. The third kappa shape index (κ3) is 4.95. The van der Waals surface area contributed by atoms with Crippen molar-refractivity contribution < 1.29 is 14.3 Å². The molecule has 1 aromatic carbocycles. The van der Waals surface area contributed by atoms with Crippen LogP contribution in [0.5, 0.6) is 11.5 Å². The van der Waals surface area contributed by atoms with Gasteiger partial charge in [0.15, 0.2) is 0 Å². The van der Waals surface area contributed by atoms with Gasteiger partial charge in [-0.25, -0.2) is 0 Å². The van der Waals surface area contributed by atoms with E-state index >= 15 is 0 Å². The molecule has 3 fully saturated rings. The summed E-state index contributed by atoms with van der Waals surface area (Å²) in [6.45, 7) is 4.51. The molecule has 1 atom stereocenters. The van der Waals surface area contributed by atoms with Crippen molar-refractivity contribution in [1.29, 1.82) is 0 Å². The Labute approximate surface area is 162 Å². The zero-order valence-electron chi connectivity index (χ0n) is 16.6. The third-order valence-corrected chi connectivity index (χ3v) is 6.11. The molecule has 1 amide bonds. The van der Waals surface area contributed by atoms with Crippen LogP contribution in [0.2, 0.25) is 0 Å². The fraction of sp³-hybridized carbons (Fsp3) is 0.682. The van der Waals surface area contributed by atoms with Crippen molar-refractivity contribution >= 4 is 5.91 Å². The van der Waals surface area contributed by atoms with Crippen LogP contribution in [0.15, 0.2) is 18.2 Å². The Morgan fingerprint density at radius 1 is 1.19 bits per heavy atom. The van der Waals surface area contributed by atoms with Gasteiger partial charge in [0.25, 0.3) is 5.91 Å². The second kappa shape index (κ2) is 8.09. The number of piperidine rings is 1. The Hall–Kier alpha value is -1.75. The van der Waals surface area contributed by atoms with Crippen molar-refractivity contribution in [2.24, 2.45) is 5.92 Å². The first-order valence-electron chi connectivity index (χ1n) is 10.5. The van der Waals surface area contributed by atoms with E-state index in [0.717, 1.165) is 50.4 Å². The molecule has 1 aliphatic heterocycles. The van der Waals surface area contributed by atoms with Crippen LogP contribution >= 0.6 is 0 Å². The maximum Gasteiger partial charge on any atom is 0.255 e. The number of hydrogen-bond acceptors (Lipinski definition) is 4. The molecule has 3 aliphatic rings. The molecule has 4 rings (SSSR count). The van der Waals surface area contributed by atoms with E-state index in [1.54, 1.807) is 7.11 Å². The van der Waals surface area contributed by atoms with Crippen molar-refractivity contribution in [2.45, 2.75) is 70.1 Å². The van der Waals surface area contributed by atoms with E-state index in [2.05, 4.69) is 17.1 Å². The molecule has 1 saturated heterocycles. The molecule has 148 valence electrons. The molecule has 5 nitrogen and oxygen atoms in total. The number of nitrogens with one attached hydrogen (secondary N) is 1. The van der Waals surface area contributed by atoms with E-state index in [1.165, 1.54) is 19.3 Å². The van der Waals surface area contributed by atoms with Gasteiger partial charge in [0.1, 0.15) is 17.6 Å². The lowest BCUT2D eigenvalue weighted by molar-refractivity contribution is 0.0741. The minimum absolute atomic E-state index is 0.0364. The van der Waals surface area contributed by atoms with E-state index in [1.807, 2.05) is 18.2 Å². The molecular formula is C22H32N2O3. The number of hydrogen-bond donors (Lipinski definition) is 1. The molecule has 0 radical (unpaired) electrons. The van der Waals surface area contributed by atoms with Gasteiger partial charge in [0.2, 0.25) is 0 Å². The van der Waals surface area contributed by atoms with Crippen LogP contribution in [0, 0.1) is 5.92 Å². The van der Waals surface area contributed by atoms with Gasteiger partial charge in [-0.3, -0.25) is 4.79 Å². The predicted molar refractivity (Wildman–Crippen MR) is 106 cm³/mol. The molecule has 1 heterocycles. The number of nitrogens with zero attached hydrogens (tertiary/aromatic N) is 1. The zero-order valence-corrected chi connectivity index (χ0v) is 16.6. The molecule has 0 spiro atoms. The Kier molecular flexibility index (Phi) is 5.58. The van der Waals surface area contributed by atoms with Crippen LogP contribution in [0.4, 0.5) is 0 Å². The van der Waals surface area contributed by atoms with Crippen LogP contribution in [-0.4, -0.2) is 49.2 Å². The van der Waals surface area contributed by atoms with Crippen LogP contribution in [0.3, 0.4) is 0 Å². The van der Waals surface area contributed by atoms with Gasteiger partial charge >= 0.3 is 0 Å². The van der Waals surface area contributed by atoms with Crippen LogP contribution in [-0.2, 0) is 0 Å². The highest BCUT2D eigenvalue weighted by atomic mass is 16.5. The monoisotopic (exact) mass is 372 g/mol. The Balaban J connectivity index is 1.37. The van der Waals surface area contributed by atoms with E-state index in [4.69, 9.17) is 9.47 Å². The summed E-state index contributed by atoms with van der Waals surface area (Å²) in [4.78, 5) is 15.2. The lowest BCUT2D eigenvalue weighted by Crippen LogP contribution is -2.43. The molecule has 0 aromatic heterocycles. The number of amides is 1. The maximum absolute atomic E-state index is 12.6. The molecule has 2 saturated carbocycles. The number of rotatable bonds is 8. The second-order valence-electron chi connectivity index (χ2n) is 8.49. The SMILES string of the molecule is COc1ccc(C(=O)NC2CC2)c(OC2CCN([C@@H](C)CC3CC3)CC2)c1. The molecule has 5 heteroatoms. The highest BCUT2D eigenvalue weighted by molar-refractivity contribution is 5.97. The standard InChI is InChI=1S/C22H32N2O3/c1-15(13-16-3-4-16)24-11-9-18(10-12-24)27-21-14-19(26-2)7-8-20(21)22(25)23-17-5-6-17/h7-8,14-18H,3-6,9-13H2,1-2H3,(H,23,25)/t15-/m0/s1. The average molecular weight is 373 g/mol. The molecule has 0 bridgehead atoms. The molecule has 0 unspecified atom stereocenters. The number of methoxy groups -OCH3 is 1. The van der Waals surface area contributed by atoms with E-state index in [9.17, 15) is 4.79 Å². The molecule has 1 N–H and O–H groups in total. The first-order chi connectivity index (χ1) is 13.1. The average Bonchev–Trinajstić information content (AvgIpc) is 3.59. The summed E-state index contributed by atoms with van der Waals surface area (Å²) in [6.07, 6.45) is 8.52. The summed E-state index contributed by atoms with van der Waals surface area (Å²) in [5, 5.41) is 3.06. The van der Waals surface area contributed by atoms with Crippen molar-refractivity contribution in [3.63, 3.8) is 0 Å². The second-order valence-corrected chi connectivity index (χ2v) is 8.49. The lowest BCUT2D eigenvalue weighted by atomic mass is 10.0. The fourth-order valence-corrected chi connectivity index (χ4v) is 4.00. The summed E-state index contributed by atoms with van der Waals surface area (Å²) < 4.78 is 11.6. The topological polar surface area (TPSA) is 50.8 Å². The number of carbonyl (C=O) groups is 1. The number of carbonyl (C=O) groups excluding carboxylic acids is 1. The van der Waals surface area contributed by atoms with Crippen molar-refractivity contribution in [3.05, 3.63) is 23.8 Å². The highest BCUT2D eigenvalue weighted by Crippen LogP contribution is 2.35. The summed E-state index contributed by atoms with van der Waals surface area (Å²) in [5.41, 5.74) is 0.618. The summed E-state index contributed by atoms with van der Waals surface area (Å²) in [5.74, 6) is 2.31. The van der Waals surface area contributed by atoms with Crippen molar-refractivity contribution in [2.75, 3.05) is 20.2 Å². The lowest BCUT2D eigenvalue weighted by Gasteiger charge is -2.36. The Morgan fingerprint density at radius 3 is 2.56 bits per heavy atom. The van der Waals surface area contributed by atoms with Gasteiger partial charge in [-0.2, -0.15) is 0 Å². The van der Waals surface area contributed by atoms with Crippen molar-refractivity contribution in [3.8, 4) is 11.5 Å². The Morgan fingerprint density at radius 2 is 1.93 bits per heavy atom. The summed E-state index contributed by atoms with van der Waals surface area (Å²) in [7, 11) is 1.64. The minimum Gasteiger partial charge on any atom is -0.497 e. The normalized spacial score (nSPS) is 22.3. The molecule has 2 aliphatic carbocycles. The van der Waals surface area contributed by atoms with E-state index < -0.39 is 0 Å². The van der Waals surface area contributed by atoms with Crippen LogP contribution in [0.25, 0.3) is 0 Å². The third-order valence-electron chi connectivity index (χ3n) is 6.11. The number of benzene rings is 1. The molecular weight excluding hydrogens is 340 g/mol. The number of ether oxygens (including phenoxy) is 2. The van der Waals surface area contributed by atoms with Crippen LogP contribution < -0.4 is 14.8 Å². The van der Waals surface area contributed by atoms with Gasteiger partial charge in [-0.05, 0) is 57.1 Å². The first-order valence-corrected chi connectivity index (χ1v) is 10.5. The van der Waals surface area contributed by atoms with Crippen molar-refractivity contribution in [1.82, 2.24) is 10.2 Å². The Bertz CT molecular complexity index is 662. The molecule has 1 aromatic rings. The largest absolute Gasteiger partial charge is 0.497 e. The van der Waals surface area contributed by atoms with Gasteiger partial charge in [-0.15, -0.1) is 0 Å². The quantitative estimate of drug-likeness (QED) is 0.757. The maximum atomic E-state index is 12.6. The predicted octanol–water partition coefficient (Wildman–Crippen LogP) is 3.62. The number of likely N-dealkylation sites (tertiary alicyclic amines) is 1. The van der Waals surface area contributed by atoms with E-state index in [-0.39, 0.29) is 12.0 Å². The minimum atomic E-state index is -0.0364. The van der Waals surface area contributed by atoms with Gasteiger partial charge in [0, 0.05) is 31.2 Å². The van der Waals surface area contributed by atoms with Gasteiger partial charge < -0.3 is 19.7 Å². The first kappa shape index (κ1) is 18.6. The zero-order chi connectivity index (χ0) is 18.8. The van der Waals surface area contributed by atoms with Crippen LogP contribution in [0.1, 0.15) is 62.2 Å². The van der Waals surface area contributed by atoms with Gasteiger partial charge in [0.05, 0.1) is 12.7 Å². The van der Waals surface area contributed by atoms with E-state index in [0.29, 0.717) is 23.4 Å². The molecule has 27 heavy (non-hydrogen) atoms. The smallest absolute Gasteiger partial charge is 0.255 e. The highest BCUT2D eigenvalue weighted by Gasteiger charge is 2.30. The summed E-state index contributed by atoms with van der Waals surface area (Å²) in [6, 6.07) is 6.51. The summed E-state index contributed by atoms with van der Waals surface area (Å²) >= 11 is 0. The van der Waals surface area contributed by atoms with Gasteiger partial charge in [-0.1, -0.05) is 12.8 Å².